The van der Waals surface area contributed by atoms with E-state index in [1.165, 1.54) is 19.0 Å². The van der Waals surface area contributed by atoms with Crippen LogP contribution in [0.2, 0.25) is 0 Å². The number of nitrogens with zero attached hydrogens (tertiary/aromatic N) is 3. The van der Waals surface area contributed by atoms with E-state index in [9.17, 15) is 14.9 Å². The third kappa shape index (κ3) is 2.59. The first-order valence-corrected chi connectivity index (χ1v) is 8.42. The van der Waals surface area contributed by atoms with Gasteiger partial charge in [0, 0.05) is 18.5 Å². The number of piperidine rings is 1. The molecule has 1 spiro atoms. The fraction of sp³-hybridized carbons (Fsp3) is 0.444. The van der Waals surface area contributed by atoms with Crippen molar-refractivity contribution in [2.75, 3.05) is 24.6 Å². The summed E-state index contributed by atoms with van der Waals surface area (Å²) in [6.45, 7) is 0.951. The highest BCUT2D eigenvalue weighted by Gasteiger charge is 2.44. The van der Waals surface area contributed by atoms with Crippen molar-refractivity contribution < 1.29 is 9.90 Å². The van der Waals surface area contributed by atoms with Crippen LogP contribution in [0.15, 0.2) is 17.1 Å². The van der Waals surface area contributed by atoms with Gasteiger partial charge in [0.1, 0.15) is 23.9 Å². The molecule has 1 aliphatic carbocycles. The summed E-state index contributed by atoms with van der Waals surface area (Å²) in [4.78, 5) is 32.8. The molecule has 1 saturated carbocycles. The summed E-state index contributed by atoms with van der Waals surface area (Å²) in [6, 6.07) is 3.57. The number of carbonyl (C=O) groups excluding carboxylic acids is 1. The van der Waals surface area contributed by atoms with Gasteiger partial charge in [0.15, 0.2) is 0 Å². The predicted octanol–water partition coefficient (Wildman–Crippen LogP) is 1.35. The van der Waals surface area contributed by atoms with E-state index in [2.05, 4.69) is 14.9 Å². The zero-order valence-corrected chi connectivity index (χ0v) is 13.7. The number of H-pyrrole nitrogens is 1. The van der Waals surface area contributed by atoms with Crippen molar-refractivity contribution in [1.29, 1.82) is 5.26 Å². The number of hydrogen-bond donors (Lipinski definition) is 2. The van der Waals surface area contributed by atoms with E-state index in [-0.39, 0.29) is 11.3 Å². The number of nitriles is 1. The highest BCUT2D eigenvalue weighted by Crippen LogP contribution is 2.54. The number of aromatic nitrogens is 2. The van der Waals surface area contributed by atoms with Gasteiger partial charge in [0.05, 0.1) is 17.4 Å². The Morgan fingerprint density at radius 2 is 2.08 bits per heavy atom. The number of Topliss-reactive ketones (excluding diaryl/α,β-unsaturated/α-hetero) is 1. The molecule has 128 valence electrons. The van der Waals surface area contributed by atoms with Crippen LogP contribution in [0.5, 0.6) is 0 Å². The molecule has 2 N–H and O–H groups in total. The zero-order valence-electron chi connectivity index (χ0n) is 13.7. The standard InChI is InChI=1S/C18H18N4O3/c19-8-12-16(22-5-3-18(1-2-18)4-6-22)11-7-13(15(24)10-23)20-9-14(11)21-17(12)25/h7,9,23H,1-6,10H2,(H,21,25). The Balaban J connectivity index is 1.88. The molecule has 0 atom stereocenters. The summed E-state index contributed by atoms with van der Waals surface area (Å²) in [5.41, 5.74) is 1.28. The number of hydrogen-bond acceptors (Lipinski definition) is 6. The van der Waals surface area contributed by atoms with Crippen LogP contribution in [0.4, 0.5) is 5.69 Å². The fourth-order valence-corrected chi connectivity index (χ4v) is 3.73. The Kier molecular flexibility index (Phi) is 3.58. The van der Waals surface area contributed by atoms with Gasteiger partial charge < -0.3 is 15.0 Å². The largest absolute Gasteiger partial charge is 0.388 e. The van der Waals surface area contributed by atoms with Gasteiger partial charge in [-0.2, -0.15) is 5.26 Å². The Morgan fingerprint density at radius 3 is 2.68 bits per heavy atom. The molecular weight excluding hydrogens is 320 g/mol. The molecule has 25 heavy (non-hydrogen) atoms. The van der Waals surface area contributed by atoms with E-state index < -0.39 is 17.9 Å². The van der Waals surface area contributed by atoms with Gasteiger partial charge in [-0.25, -0.2) is 0 Å². The number of aliphatic hydroxyl groups excluding tert-OH is 1. The number of aliphatic hydroxyl groups is 1. The SMILES string of the molecule is N#Cc1c(N2CCC3(CC2)CC3)c2cc(C(=O)CO)ncc2[nH]c1=O. The first-order chi connectivity index (χ1) is 12.1. The second-order valence-electron chi connectivity index (χ2n) is 6.97. The van der Waals surface area contributed by atoms with Crippen LogP contribution in [0, 0.1) is 16.7 Å². The van der Waals surface area contributed by atoms with Gasteiger partial charge in [-0.1, -0.05) is 0 Å². The minimum Gasteiger partial charge on any atom is -0.388 e. The summed E-state index contributed by atoms with van der Waals surface area (Å²) < 4.78 is 0. The molecule has 7 nitrogen and oxygen atoms in total. The number of aromatic amines is 1. The average Bonchev–Trinajstić information content (AvgIpc) is 3.39. The number of pyridine rings is 2. The normalized spacial score (nSPS) is 18.3. The topological polar surface area (TPSA) is 110 Å². The number of fused-ring (bicyclic) bond motifs is 1. The van der Waals surface area contributed by atoms with E-state index in [1.54, 1.807) is 6.07 Å². The van der Waals surface area contributed by atoms with Crippen molar-refractivity contribution in [3.05, 3.63) is 33.9 Å². The molecule has 0 radical (unpaired) electrons. The summed E-state index contributed by atoms with van der Waals surface area (Å²) >= 11 is 0. The molecule has 2 aromatic rings. The van der Waals surface area contributed by atoms with Crippen molar-refractivity contribution in [3.8, 4) is 6.07 Å². The number of rotatable bonds is 3. The number of anilines is 1. The summed E-state index contributed by atoms with van der Waals surface area (Å²) in [6.07, 6.45) is 6.05. The quantitative estimate of drug-likeness (QED) is 0.818. The van der Waals surface area contributed by atoms with E-state index in [0.717, 1.165) is 25.9 Å². The average molecular weight is 338 g/mol. The molecule has 1 saturated heterocycles. The highest BCUT2D eigenvalue weighted by molar-refractivity contribution is 6.01. The van der Waals surface area contributed by atoms with Gasteiger partial charge in [-0.15, -0.1) is 0 Å². The van der Waals surface area contributed by atoms with Crippen LogP contribution in [0.3, 0.4) is 0 Å². The smallest absolute Gasteiger partial charge is 0.268 e. The maximum atomic E-state index is 12.3. The predicted molar refractivity (Wildman–Crippen MR) is 91.6 cm³/mol. The maximum absolute atomic E-state index is 12.3. The van der Waals surface area contributed by atoms with E-state index in [1.807, 2.05) is 6.07 Å². The van der Waals surface area contributed by atoms with E-state index >= 15 is 0 Å². The van der Waals surface area contributed by atoms with Crippen molar-refractivity contribution in [2.45, 2.75) is 25.7 Å². The molecule has 0 aromatic carbocycles. The fourth-order valence-electron chi connectivity index (χ4n) is 3.73. The zero-order chi connectivity index (χ0) is 17.6. The maximum Gasteiger partial charge on any atom is 0.268 e. The van der Waals surface area contributed by atoms with Crippen molar-refractivity contribution in [3.63, 3.8) is 0 Å². The molecule has 7 heteroatoms. The molecule has 2 aromatic heterocycles. The van der Waals surface area contributed by atoms with E-state index in [4.69, 9.17) is 5.11 Å². The van der Waals surface area contributed by atoms with Crippen molar-refractivity contribution >= 4 is 22.4 Å². The first-order valence-electron chi connectivity index (χ1n) is 8.42. The minimum atomic E-state index is -0.630. The lowest BCUT2D eigenvalue weighted by atomic mass is 9.92. The van der Waals surface area contributed by atoms with E-state index in [0.29, 0.717) is 22.0 Å². The lowest BCUT2D eigenvalue weighted by molar-refractivity contribution is 0.0899. The summed E-state index contributed by atoms with van der Waals surface area (Å²) in [7, 11) is 0. The number of nitrogens with one attached hydrogen (secondary N) is 1. The lowest BCUT2D eigenvalue weighted by Gasteiger charge is -2.34. The molecule has 3 heterocycles. The van der Waals surface area contributed by atoms with Crippen LogP contribution in [0.25, 0.3) is 10.9 Å². The second kappa shape index (κ2) is 5.67. The van der Waals surface area contributed by atoms with Gasteiger partial charge >= 0.3 is 0 Å². The Labute approximate surface area is 143 Å². The number of ketones is 1. The lowest BCUT2D eigenvalue weighted by Crippen LogP contribution is -2.36. The molecule has 1 aliphatic heterocycles. The first kappa shape index (κ1) is 15.8. The van der Waals surface area contributed by atoms with Crippen LogP contribution in [0.1, 0.15) is 41.7 Å². The molecule has 0 bridgehead atoms. The van der Waals surface area contributed by atoms with Crippen LogP contribution < -0.4 is 10.5 Å². The molecule has 4 rings (SSSR count). The van der Waals surface area contributed by atoms with Crippen LogP contribution in [-0.2, 0) is 0 Å². The highest BCUT2D eigenvalue weighted by atomic mass is 16.3. The summed E-state index contributed by atoms with van der Waals surface area (Å²) in [5, 5.41) is 19.2. The van der Waals surface area contributed by atoms with Gasteiger partial charge in [-0.05, 0) is 37.2 Å². The summed E-state index contributed by atoms with van der Waals surface area (Å²) in [5.74, 6) is -0.492. The van der Waals surface area contributed by atoms with Crippen molar-refractivity contribution in [1.82, 2.24) is 9.97 Å². The Hall–Kier alpha value is -2.72. The molecular formula is C18H18N4O3. The molecule has 2 fully saturated rings. The monoisotopic (exact) mass is 338 g/mol. The van der Waals surface area contributed by atoms with Gasteiger partial charge in [0.25, 0.3) is 5.56 Å². The molecule has 0 amide bonds. The Morgan fingerprint density at radius 1 is 1.36 bits per heavy atom. The van der Waals surface area contributed by atoms with Gasteiger partial charge in [-0.3, -0.25) is 14.6 Å². The van der Waals surface area contributed by atoms with Crippen LogP contribution >= 0.6 is 0 Å². The third-order valence-corrected chi connectivity index (χ3v) is 5.51. The van der Waals surface area contributed by atoms with Gasteiger partial charge in [0.2, 0.25) is 5.78 Å². The molecule has 0 unspecified atom stereocenters. The van der Waals surface area contributed by atoms with Crippen LogP contribution in [-0.4, -0.2) is 40.6 Å². The second-order valence-corrected chi connectivity index (χ2v) is 6.97. The molecule has 2 aliphatic rings. The van der Waals surface area contributed by atoms with Crippen molar-refractivity contribution in [2.24, 2.45) is 5.41 Å². The number of carbonyl (C=O) groups is 1. The Bertz CT molecular complexity index is 959. The minimum absolute atomic E-state index is 0.0628. The third-order valence-electron chi connectivity index (χ3n) is 5.51.